The Labute approximate surface area is 265 Å². The van der Waals surface area contributed by atoms with Gasteiger partial charge in [0.15, 0.2) is 0 Å². The third-order valence-electron chi connectivity index (χ3n) is 8.82. The van der Waals surface area contributed by atoms with Crippen LogP contribution >= 0.6 is 0 Å². The van der Waals surface area contributed by atoms with E-state index in [0.717, 1.165) is 54.4 Å². The normalized spacial score (nSPS) is 13.4. The van der Waals surface area contributed by atoms with E-state index in [2.05, 4.69) is 121 Å². The van der Waals surface area contributed by atoms with Crippen LogP contribution < -0.4 is 0 Å². The van der Waals surface area contributed by atoms with Gasteiger partial charge in [0.1, 0.15) is 5.92 Å². The van der Waals surface area contributed by atoms with Gasteiger partial charge in [-0.15, -0.1) is 0 Å². The fraction of sp³-hybridized carbons (Fsp3) is 0.140. The quantitative estimate of drug-likeness (QED) is 0.209. The summed E-state index contributed by atoms with van der Waals surface area (Å²) in [6.45, 7) is 0. The second-order valence-electron chi connectivity index (χ2n) is 12.4. The molecule has 12 bridgehead atoms. The summed E-state index contributed by atoms with van der Waals surface area (Å²) in [5, 5.41) is 10.4. The maximum atomic E-state index is 12.7. The Morgan fingerprint density at radius 1 is 0.378 bits per heavy atom. The van der Waals surface area contributed by atoms with Crippen molar-refractivity contribution in [3.8, 4) is 0 Å². The summed E-state index contributed by atoms with van der Waals surface area (Å²) in [5.74, 6) is -1.56. The number of carbonyl (C=O) groups is 1. The third-order valence-corrected chi connectivity index (χ3v) is 8.82. The fourth-order valence-corrected chi connectivity index (χ4v) is 6.82. The Kier molecular flexibility index (Phi) is 8.12. The summed E-state index contributed by atoms with van der Waals surface area (Å²) in [6, 6.07) is 51.7. The van der Waals surface area contributed by atoms with E-state index in [4.69, 9.17) is 0 Å². The van der Waals surface area contributed by atoms with E-state index < -0.39 is 11.9 Å². The molecule has 0 saturated carbocycles. The van der Waals surface area contributed by atoms with Gasteiger partial charge >= 0.3 is 5.97 Å². The Balaban J connectivity index is 1.29. The monoisotopic (exact) mass is 584 g/mol. The average Bonchev–Trinajstić information content (AvgIpc) is 3.02. The van der Waals surface area contributed by atoms with E-state index in [-0.39, 0.29) is 0 Å². The molecule has 0 heterocycles. The number of hydrogen-bond donors (Lipinski definition) is 1. The summed E-state index contributed by atoms with van der Waals surface area (Å²) >= 11 is 0. The Bertz CT molecular complexity index is 1850. The van der Waals surface area contributed by atoms with Crippen molar-refractivity contribution < 1.29 is 9.90 Å². The van der Waals surface area contributed by atoms with E-state index in [1.807, 2.05) is 24.3 Å². The topological polar surface area (TPSA) is 37.3 Å². The maximum Gasteiger partial charge on any atom is 0.315 e. The Morgan fingerprint density at radius 2 is 0.600 bits per heavy atom. The van der Waals surface area contributed by atoms with Crippen molar-refractivity contribution in [2.75, 3.05) is 0 Å². The molecule has 0 spiro atoms. The first kappa shape index (κ1) is 28.6. The first-order valence-corrected chi connectivity index (χ1v) is 15.8. The standard InChI is InChI=1S/C43H36O2/c44-43(45)42-40-17-5-15-38(28-40)26-36-13-3-11-34(24-36)22-32-9-1-7-30(20-32)19-31-8-2-10-33(21-31)23-35-12-4-14-37(25-35)27-39-16-6-18-41(42)29-39/h1-18,20-21,24-25,28-29,42H,19,22-23,26-27H2,(H,44,45). The highest BCUT2D eigenvalue weighted by Crippen LogP contribution is 2.28. The summed E-state index contributed by atoms with van der Waals surface area (Å²) in [5.41, 5.74) is 14.1. The third kappa shape index (κ3) is 6.97. The van der Waals surface area contributed by atoms with E-state index in [9.17, 15) is 9.90 Å². The van der Waals surface area contributed by atoms with Gasteiger partial charge in [0, 0.05) is 0 Å². The SMILES string of the molecule is O=C(O)C1c2cccc(c2)Cc2cccc(c2)Cc2cccc(c2)Cc2cccc(c2)Cc2cccc(c2)Cc2cccc1c2. The van der Waals surface area contributed by atoms with E-state index in [1.54, 1.807) is 0 Å². The molecule has 0 atom stereocenters. The van der Waals surface area contributed by atoms with Crippen LogP contribution in [-0.2, 0) is 36.9 Å². The van der Waals surface area contributed by atoms with Crippen LogP contribution in [0.25, 0.3) is 0 Å². The predicted molar refractivity (Wildman–Crippen MR) is 182 cm³/mol. The van der Waals surface area contributed by atoms with Gasteiger partial charge in [-0.25, -0.2) is 0 Å². The van der Waals surface area contributed by atoms with Crippen LogP contribution in [0.4, 0.5) is 0 Å². The number of rotatable bonds is 1. The lowest BCUT2D eigenvalue weighted by molar-refractivity contribution is -0.137. The first-order chi connectivity index (χ1) is 22.0. The van der Waals surface area contributed by atoms with Crippen molar-refractivity contribution >= 4 is 5.97 Å². The predicted octanol–water partition coefficient (Wildman–Crippen LogP) is 9.17. The summed E-state index contributed by atoms with van der Waals surface area (Å²) in [7, 11) is 0. The van der Waals surface area contributed by atoms with Crippen LogP contribution in [0.1, 0.15) is 72.7 Å². The van der Waals surface area contributed by atoms with Crippen LogP contribution in [0, 0.1) is 0 Å². The molecular weight excluding hydrogens is 548 g/mol. The van der Waals surface area contributed by atoms with Gasteiger partial charge in [-0.1, -0.05) is 146 Å². The lowest BCUT2D eigenvalue weighted by atomic mass is 9.88. The number of carboxylic acid groups (broad SMARTS) is 1. The van der Waals surface area contributed by atoms with Gasteiger partial charge in [-0.3, -0.25) is 4.79 Å². The molecule has 220 valence electrons. The number of aliphatic carboxylic acids is 1. The average molecular weight is 585 g/mol. The number of fused-ring (bicyclic) bond motifs is 12. The van der Waals surface area contributed by atoms with Crippen molar-refractivity contribution in [3.05, 3.63) is 212 Å². The zero-order chi connectivity index (χ0) is 30.6. The molecule has 0 radical (unpaired) electrons. The second-order valence-corrected chi connectivity index (χ2v) is 12.4. The zero-order valence-electron chi connectivity index (χ0n) is 25.3. The minimum atomic E-state index is -0.834. The van der Waals surface area contributed by atoms with Crippen LogP contribution in [0.5, 0.6) is 0 Å². The zero-order valence-corrected chi connectivity index (χ0v) is 25.3. The Hall–Kier alpha value is -5.21. The molecule has 0 fully saturated rings. The van der Waals surface area contributed by atoms with Crippen LogP contribution in [-0.4, -0.2) is 11.1 Å². The molecule has 2 heteroatoms. The molecule has 7 rings (SSSR count). The molecule has 1 aliphatic rings. The molecule has 1 aliphatic carbocycles. The van der Waals surface area contributed by atoms with E-state index >= 15 is 0 Å². The van der Waals surface area contributed by atoms with Crippen molar-refractivity contribution in [3.63, 3.8) is 0 Å². The van der Waals surface area contributed by atoms with Crippen molar-refractivity contribution in [1.82, 2.24) is 0 Å². The highest BCUT2D eigenvalue weighted by atomic mass is 16.4. The van der Waals surface area contributed by atoms with Crippen molar-refractivity contribution in [2.24, 2.45) is 0 Å². The number of carboxylic acids is 1. The molecule has 6 aromatic rings. The minimum absolute atomic E-state index is 0.729. The fourth-order valence-electron chi connectivity index (χ4n) is 6.82. The molecule has 0 aliphatic heterocycles. The molecule has 6 aromatic carbocycles. The lowest BCUT2D eigenvalue weighted by Gasteiger charge is -2.16. The van der Waals surface area contributed by atoms with Crippen molar-refractivity contribution in [2.45, 2.75) is 38.0 Å². The highest BCUT2D eigenvalue weighted by Gasteiger charge is 2.23. The molecule has 0 saturated heterocycles. The molecule has 0 aromatic heterocycles. The summed E-state index contributed by atoms with van der Waals surface area (Å²) < 4.78 is 0. The Morgan fingerprint density at radius 3 is 0.844 bits per heavy atom. The van der Waals surface area contributed by atoms with Gasteiger partial charge in [0.2, 0.25) is 0 Å². The van der Waals surface area contributed by atoms with E-state index in [0.29, 0.717) is 0 Å². The van der Waals surface area contributed by atoms with Crippen LogP contribution in [0.2, 0.25) is 0 Å². The lowest BCUT2D eigenvalue weighted by Crippen LogP contribution is -2.14. The van der Waals surface area contributed by atoms with Gasteiger partial charge < -0.3 is 5.11 Å². The van der Waals surface area contributed by atoms with Crippen LogP contribution in [0.15, 0.2) is 146 Å². The summed E-state index contributed by atoms with van der Waals surface area (Å²) in [6.07, 6.45) is 4.15. The molecule has 45 heavy (non-hydrogen) atoms. The van der Waals surface area contributed by atoms with Gasteiger partial charge in [-0.2, -0.15) is 0 Å². The van der Waals surface area contributed by atoms with Crippen molar-refractivity contribution in [1.29, 1.82) is 0 Å². The van der Waals surface area contributed by atoms with Crippen LogP contribution in [0.3, 0.4) is 0 Å². The molecular formula is C43H36O2. The summed E-state index contributed by atoms with van der Waals surface area (Å²) in [4.78, 5) is 12.7. The molecule has 0 amide bonds. The number of hydrogen-bond acceptors (Lipinski definition) is 1. The maximum absolute atomic E-state index is 12.7. The van der Waals surface area contributed by atoms with Gasteiger partial charge in [0.25, 0.3) is 0 Å². The molecule has 1 N–H and O–H groups in total. The smallest absolute Gasteiger partial charge is 0.315 e. The van der Waals surface area contributed by atoms with Gasteiger partial charge in [-0.05, 0) is 98.9 Å². The van der Waals surface area contributed by atoms with E-state index in [1.165, 1.54) is 44.5 Å². The second kappa shape index (κ2) is 12.8. The largest absolute Gasteiger partial charge is 0.481 e. The molecule has 2 nitrogen and oxygen atoms in total. The highest BCUT2D eigenvalue weighted by molar-refractivity contribution is 5.80. The minimum Gasteiger partial charge on any atom is -0.481 e. The van der Waals surface area contributed by atoms with Gasteiger partial charge in [0.05, 0.1) is 0 Å². The first-order valence-electron chi connectivity index (χ1n) is 15.8. The molecule has 0 unspecified atom stereocenters. The number of benzene rings is 6.